The lowest BCUT2D eigenvalue weighted by Gasteiger charge is -1.97. The smallest absolute Gasteiger partial charge is 0.226 e. The summed E-state index contributed by atoms with van der Waals surface area (Å²) in [6, 6.07) is 0. The van der Waals surface area contributed by atoms with Gasteiger partial charge in [0.25, 0.3) is 0 Å². The lowest BCUT2D eigenvalue weighted by Crippen LogP contribution is -1.93. The van der Waals surface area contributed by atoms with Crippen molar-refractivity contribution in [2.24, 2.45) is 7.05 Å². The number of hydrogen-bond donors (Lipinski definition) is 0. The fraction of sp³-hybridized carbons (Fsp3) is 0.500. The van der Waals surface area contributed by atoms with E-state index < -0.39 is 0 Å². The molecule has 0 fully saturated rings. The predicted octanol–water partition coefficient (Wildman–Crippen LogP) is 1.11. The van der Waals surface area contributed by atoms with Gasteiger partial charge in [-0.25, -0.2) is 0 Å². The Balaban J connectivity index is 2.02. The number of hydrogen-bond acceptors (Lipinski definition) is 6. The van der Waals surface area contributed by atoms with Gasteiger partial charge in [-0.15, -0.1) is 20.4 Å². The Kier molecular flexibility index (Phi) is 2.72. The van der Waals surface area contributed by atoms with Gasteiger partial charge in [0, 0.05) is 14.0 Å². The fourth-order valence-corrected chi connectivity index (χ4v) is 1.83. The zero-order valence-corrected chi connectivity index (χ0v) is 9.58. The van der Waals surface area contributed by atoms with Crippen molar-refractivity contribution in [2.75, 3.05) is 0 Å². The highest BCUT2D eigenvalue weighted by atomic mass is 32.2. The molecular weight excluding hydrogens is 214 g/mol. The molecule has 0 saturated heterocycles. The first kappa shape index (κ1) is 10.2. The minimum Gasteiger partial charge on any atom is -0.425 e. The molecule has 80 valence electrons. The first-order chi connectivity index (χ1) is 7.16. The molecule has 0 amide bonds. The highest BCUT2D eigenvalue weighted by molar-refractivity contribution is 7.98. The highest BCUT2D eigenvalue weighted by Gasteiger charge is 2.08. The van der Waals surface area contributed by atoms with E-state index in [2.05, 4.69) is 20.4 Å². The van der Waals surface area contributed by atoms with E-state index in [1.54, 1.807) is 6.92 Å². The Morgan fingerprint density at radius 3 is 2.53 bits per heavy atom. The minimum atomic E-state index is 0.583. The van der Waals surface area contributed by atoms with Gasteiger partial charge in [0.05, 0.1) is 5.75 Å². The first-order valence-electron chi connectivity index (χ1n) is 4.44. The predicted molar refractivity (Wildman–Crippen MR) is 54.3 cm³/mol. The van der Waals surface area contributed by atoms with Crippen LogP contribution in [0.5, 0.6) is 0 Å². The molecule has 0 aliphatic carbocycles. The van der Waals surface area contributed by atoms with Crippen LogP contribution in [0.4, 0.5) is 0 Å². The van der Waals surface area contributed by atoms with E-state index in [0.717, 1.165) is 11.0 Å². The van der Waals surface area contributed by atoms with Gasteiger partial charge in [-0.3, -0.25) is 0 Å². The molecule has 15 heavy (non-hydrogen) atoms. The van der Waals surface area contributed by atoms with Crippen LogP contribution in [-0.4, -0.2) is 25.0 Å². The van der Waals surface area contributed by atoms with E-state index in [1.165, 1.54) is 11.8 Å². The highest BCUT2D eigenvalue weighted by Crippen LogP contribution is 2.19. The molecule has 0 aromatic carbocycles. The molecule has 7 heteroatoms. The molecule has 0 N–H and O–H groups in total. The lowest BCUT2D eigenvalue weighted by atomic mass is 10.7. The van der Waals surface area contributed by atoms with Gasteiger partial charge >= 0.3 is 0 Å². The second kappa shape index (κ2) is 4.01. The van der Waals surface area contributed by atoms with Crippen LogP contribution in [0.2, 0.25) is 0 Å². The molecule has 0 atom stereocenters. The largest absolute Gasteiger partial charge is 0.425 e. The van der Waals surface area contributed by atoms with E-state index in [-0.39, 0.29) is 0 Å². The quantitative estimate of drug-likeness (QED) is 0.729. The standard InChI is InChI=1S/C8H11N5OS/c1-5-9-12-8(13(5)3)15-4-7-11-10-6(2)14-7/h4H2,1-3H3. The molecule has 0 aliphatic rings. The van der Waals surface area contributed by atoms with Crippen LogP contribution in [0.15, 0.2) is 9.57 Å². The summed E-state index contributed by atoms with van der Waals surface area (Å²) in [7, 11) is 1.93. The van der Waals surface area contributed by atoms with Gasteiger partial charge in [0.1, 0.15) is 5.82 Å². The number of thioether (sulfide) groups is 1. The molecule has 2 heterocycles. The molecule has 2 aromatic rings. The molecule has 0 saturated carbocycles. The van der Waals surface area contributed by atoms with Crippen LogP contribution in [0.25, 0.3) is 0 Å². The summed E-state index contributed by atoms with van der Waals surface area (Å²) in [4.78, 5) is 0. The maximum absolute atomic E-state index is 5.25. The Hall–Kier alpha value is -1.37. The molecule has 2 aromatic heterocycles. The number of nitrogens with zero attached hydrogens (tertiary/aromatic N) is 5. The van der Waals surface area contributed by atoms with Crippen LogP contribution >= 0.6 is 11.8 Å². The lowest BCUT2D eigenvalue weighted by molar-refractivity contribution is 0.485. The molecule has 0 unspecified atom stereocenters. The van der Waals surface area contributed by atoms with Crippen molar-refractivity contribution in [3.05, 3.63) is 17.6 Å². The molecule has 0 radical (unpaired) electrons. The molecule has 6 nitrogen and oxygen atoms in total. The summed E-state index contributed by atoms with van der Waals surface area (Å²) in [5.41, 5.74) is 0. The summed E-state index contributed by atoms with van der Waals surface area (Å²) in [6.45, 7) is 3.68. The average Bonchev–Trinajstić information content (AvgIpc) is 2.74. The van der Waals surface area contributed by atoms with E-state index in [9.17, 15) is 0 Å². The van der Waals surface area contributed by atoms with Crippen molar-refractivity contribution < 1.29 is 4.42 Å². The first-order valence-corrected chi connectivity index (χ1v) is 5.43. The van der Waals surface area contributed by atoms with Gasteiger partial charge < -0.3 is 8.98 Å². The Bertz CT molecular complexity index is 463. The number of aromatic nitrogens is 5. The maximum Gasteiger partial charge on any atom is 0.226 e. The second-order valence-electron chi connectivity index (χ2n) is 3.09. The third kappa shape index (κ3) is 2.17. The normalized spacial score (nSPS) is 10.9. The van der Waals surface area contributed by atoms with E-state index in [0.29, 0.717) is 17.5 Å². The molecular formula is C8H11N5OS. The molecule has 0 spiro atoms. The van der Waals surface area contributed by atoms with Crippen molar-refractivity contribution in [2.45, 2.75) is 24.8 Å². The summed E-state index contributed by atoms with van der Waals surface area (Å²) < 4.78 is 7.18. The van der Waals surface area contributed by atoms with Crippen molar-refractivity contribution in [1.29, 1.82) is 0 Å². The second-order valence-corrected chi connectivity index (χ2v) is 4.03. The van der Waals surface area contributed by atoms with Crippen LogP contribution in [-0.2, 0) is 12.8 Å². The zero-order valence-electron chi connectivity index (χ0n) is 8.76. The van der Waals surface area contributed by atoms with Crippen LogP contribution in [0, 0.1) is 13.8 Å². The van der Waals surface area contributed by atoms with Crippen LogP contribution in [0.3, 0.4) is 0 Å². The zero-order chi connectivity index (χ0) is 10.8. The monoisotopic (exact) mass is 225 g/mol. The molecule has 0 aliphatic heterocycles. The third-order valence-corrected chi connectivity index (χ3v) is 2.95. The van der Waals surface area contributed by atoms with Gasteiger partial charge in [-0.2, -0.15) is 0 Å². The molecule has 2 rings (SSSR count). The van der Waals surface area contributed by atoms with Crippen LogP contribution < -0.4 is 0 Å². The van der Waals surface area contributed by atoms with Crippen LogP contribution in [0.1, 0.15) is 17.6 Å². The van der Waals surface area contributed by atoms with Crippen molar-refractivity contribution in [3.8, 4) is 0 Å². The summed E-state index contributed by atoms with van der Waals surface area (Å²) >= 11 is 1.53. The topological polar surface area (TPSA) is 69.6 Å². The third-order valence-electron chi connectivity index (χ3n) is 1.95. The van der Waals surface area contributed by atoms with Gasteiger partial charge in [0.15, 0.2) is 5.16 Å². The molecule has 0 bridgehead atoms. The average molecular weight is 225 g/mol. The van der Waals surface area contributed by atoms with Crippen molar-refractivity contribution >= 4 is 11.8 Å². The summed E-state index contributed by atoms with van der Waals surface area (Å²) in [5.74, 6) is 2.70. The van der Waals surface area contributed by atoms with Gasteiger partial charge in [0.2, 0.25) is 11.8 Å². The number of rotatable bonds is 3. The Morgan fingerprint density at radius 2 is 2.00 bits per heavy atom. The van der Waals surface area contributed by atoms with E-state index >= 15 is 0 Å². The minimum absolute atomic E-state index is 0.583. The Morgan fingerprint density at radius 1 is 1.20 bits per heavy atom. The van der Waals surface area contributed by atoms with E-state index in [1.807, 2.05) is 18.5 Å². The fourth-order valence-electron chi connectivity index (χ4n) is 1.04. The summed E-state index contributed by atoms with van der Waals surface area (Å²) in [5, 5.41) is 16.5. The summed E-state index contributed by atoms with van der Waals surface area (Å²) in [6.07, 6.45) is 0. The van der Waals surface area contributed by atoms with Gasteiger partial charge in [-0.05, 0) is 6.92 Å². The SMILES string of the molecule is Cc1nnc(CSc2nnc(C)n2C)o1. The number of aryl methyl sites for hydroxylation is 2. The van der Waals surface area contributed by atoms with E-state index in [4.69, 9.17) is 4.42 Å². The Labute approximate surface area is 91.1 Å². The van der Waals surface area contributed by atoms with Crippen molar-refractivity contribution in [1.82, 2.24) is 25.0 Å². The van der Waals surface area contributed by atoms with Crippen molar-refractivity contribution in [3.63, 3.8) is 0 Å². The maximum atomic E-state index is 5.25. The van der Waals surface area contributed by atoms with Gasteiger partial charge in [-0.1, -0.05) is 11.8 Å².